The van der Waals surface area contributed by atoms with E-state index >= 15 is 0 Å². The standard InChI is InChI=1S/C48H44O4.C6H6/c1-45(2,49)25-21-29-13-9-17-33-37(29)43-38-30(22-26-46(3,4)50)14-10-18-34(38)41(33)42-35-19-11-15-31(23-27-47(5,6)51)39(35)44(43)40-32(16-12-20-36(40)42)24-28-48(7,8)52;1-2-4-6-5-3-1/h9-20,41-44,49-52H,1-8H3;1-6H. The van der Waals surface area contributed by atoms with Crippen molar-refractivity contribution in [1.82, 2.24) is 0 Å². The van der Waals surface area contributed by atoms with Crippen molar-refractivity contribution < 1.29 is 20.4 Å². The maximum Gasteiger partial charge on any atom is 0.120 e. The van der Waals surface area contributed by atoms with Crippen molar-refractivity contribution in [3.05, 3.63) is 176 Å². The van der Waals surface area contributed by atoms with E-state index in [0.29, 0.717) is 0 Å². The second kappa shape index (κ2) is 15.2. The Balaban J connectivity index is 0.000000783. The fourth-order valence-electron chi connectivity index (χ4n) is 8.52. The topological polar surface area (TPSA) is 80.9 Å². The molecule has 0 saturated carbocycles. The van der Waals surface area contributed by atoms with Crippen LogP contribution in [-0.4, -0.2) is 42.8 Å². The highest BCUT2D eigenvalue weighted by Gasteiger charge is 2.52. The molecular weight excluding hydrogens is 713 g/mol. The highest BCUT2D eigenvalue weighted by molar-refractivity contribution is 5.75. The van der Waals surface area contributed by atoms with Crippen molar-refractivity contribution in [2.45, 2.75) is 101 Å². The smallest absolute Gasteiger partial charge is 0.120 e. The Morgan fingerprint density at radius 2 is 0.517 bits per heavy atom. The van der Waals surface area contributed by atoms with Gasteiger partial charge in [0, 0.05) is 45.9 Å². The normalized spacial score (nSPS) is 18.1. The number of aliphatic hydroxyl groups is 4. The van der Waals surface area contributed by atoms with Gasteiger partial charge in [-0.15, -0.1) is 0 Å². The van der Waals surface area contributed by atoms with Gasteiger partial charge >= 0.3 is 0 Å². The molecule has 6 aliphatic rings. The molecule has 5 aromatic carbocycles. The summed E-state index contributed by atoms with van der Waals surface area (Å²) in [4.78, 5) is 0. The fraction of sp³-hybridized carbons (Fsp3) is 0.296. The lowest BCUT2D eigenvalue weighted by molar-refractivity contribution is 0.143. The predicted molar refractivity (Wildman–Crippen MR) is 232 cm³/mol. The summed E-state index contributed by atoms with van der Waals surface area (Å²) in [5.41, 5.74) is 7.56. The third-order valence-corrected chi connectivity index (χ3v) is 10.5. The molecular formula is C54H50O4. The molecule has 5 aromatic rings. The van der Waals surface area contributed by atoms with E-state index in [-0.39, 0.29) is 23.7 Å². The molecule has 11 rings (SSSR count). The summed E-state index contributed by atoms with van der Waals surface area (Å²) in [6.45, 7) is 13.5. The zero-order chi connectivity index (χ0) is 41.6. The molecule has 290 valence electrons. The van der Waals surface area contributed by atoms with E-state index in [1.54, 1.807) is 55.4 Å². The van der Waals surface area contributed by atoms with Gasteiger partial charge in [0.2, 0.25) is 0 Å². The van der Waals surface area contributed by atoms with Crippen LogP contribution in [0.5, 0.6) is 0 Å². The first kappa shape index (κ1) is 40.4. The molecule has 0 heterocycles. The first-order valence-corrected chi connectivity index (χ1v) is 19.8. The molecule has 0 fully saturated rings. The third-order valence-electron chi connectivity index (χ3n) is 10.5. The number of rotatable bonds is 0. The van der Waals surface area contributed by atoms with E-state index in [9.17, 15) is 20.4 Å². The van der Waals surface area contributed by atoms with E-state index < -0.39 is 22.4 Å². The Labute approximate surface area is 344 Å². The van der Waals surface area contributed by atoms with E-state index in [0.717, 1.165) is 44.5 Å². The summed E-state index contributed by atoms with van der Waals surface area (Å²) in [6.07, 6.45) is 0. The van der Waals surface area contributed by atoms with Crippen LogP contribution in [0.3, 0.4) is 0 Å². The van der Waals surface area contributed by atoms with E-state index in [1.165, 1.54) is 22.3 Å². The zero-order valence-electron chi connectivity index (χ0n) is 34.5. The molecule has 4 N–H and O–H groups in total. The van der Waals surface area contributed by atoms with Gasteiger partial charge in [0.25, 0.3) is 0 Å². The van der Waals surface area contributed by atoms with Crippen LogP contribution in [0, 0.1) is 47.4 Å². The summed E-state index contributed by atoms with van der Waals surface area (Å²) in [5, 5.41) is 43.1. The van der Waals surface area contributed by atoms with Crippen LogP contribution < -0.4 is 0 Å². The first-order valence-electron chi connectivity index (χ1n) is 19.8. The van der Waals surface area contributed by atoms with E-state index in [2.05, 4.69) is 95.9 Å². The van der Waals surface area contributed by atoms with Crippen molar-refractivity contribution in [3.63, 3.8) is 0 Å². The molecule has 4 heteroatoms. The fourth-order valence-corrected chi connectivity index (χ4v) is 8.52. The summed E-state index contributed by atoms with van der Waals surface area (Å²) in [5.74, 6) is 24.9. The molecule has 4 nitrogen and oxygen atoms in total. The molecule has 58 heavy (non-hydrogen) atoms. The Kier molecular flexibility index (Phi) is 10.6. The molecule has 0 saturated heterocycles. The lowest BCUT2D eigenvalue weighted by Gasteiger charge is -2.51. The van der Waals surface area contributed by atoms with Gasteiger partial charge in [-0.3, -0.25) is 0 Å². The van der Waals surface area contributed by atoms with Crippen molar-refractivity contribution in [3.8, 4) is 47.4 Å². The summed E-state index contributed by atoms with van der Waals surface area (Å²) < 4.78 is 0. The first-order chi connectivity index (χ1) is 27.3. The predicted octanol–water partition coefficient (Wildman–Crippen LogP) is 8.73. The zero-order valence-corrected chi connectivity index (χ0v) is 34.5. The van der Waals surface area contributed by atoms with Crippen LogP contribution in [0.2, 0.25) is 0 Å². The van der Waals surface area contributed by atoms with Gasteiger partial charge in [-0.1, -0.05) is 132 Å². The summed E-state index contributed by atoms with van der Waals surface area (Å²) in [7, 11) is 0. The Bertz CT molecular complexity index is 2280. The molecule has 0 unspecified atom stereocenters. The van der Waals surface area contributed by atoms with Gasteiger partial charge in [-0.2, -0.15) is 0 Å². The Hall–Kier alpha value is -5.82. The van der Waals surface area contributed by atoms with Crippen LogP contribution in [0.25, 0.3) is 0 Å². The molecule has 0 radical (unpaired) electrons. The van der Waals surface area contributed by atoms with Gasteiger partial charge in [0.15, 0.2) is 0 Å². The second-order valence-electron chi connectivity index (χ2n) is 17.5. The van der Waals surface area contributed by atoms with Gasteiger partial charge in [0.05, 0.1) is 0 Å². The van der Waals surface area contributed by atoms with Crippen molar-refractivity contribution in [2.24, 2.45) is 0 Å². The number of hydrogen-bond acceptors (Lipinski definition) is 4. The molecule has 0 atom stereocenters. The molecule has 0 aliphatic heterocycles. The Morgan fingerprint density at radius 3 is 0.707 bits per heavy atom. The van der Waals surface area contributed by atoms with Gasteiger partial charge in [-0.25, -0.2) is 0 Å². The maximum atomic E-state index is 10.8. The number of hydrogen-bond donors (Lipinski definition) is 4. The lowest BCUT2D eigenvalue weighted by atomic mass is 9.51. The average molecular weight is 763 g/mol. The molecule has 0 aromatic heterocycles. The molecule has 6 aliphatic carbocycles. The molecule has 0 amide bonds. The van der Waals surface area contributed by atoms with Crippen LogP contribution >= 0.6 is 0 Å². The van der Waals surface area contributed by atoms with Crippen LogP contribution in [0.15, 0.2) is 109 Å². The van der Waals surface area contributed by atoms with Crippen LogP contribution in [0.1, 0.15) is 146 Å². The second-order valence-corrected chi connectivity index (χ2v) is 17.5. The average Bonchev–Trinajstić information content (AvgIpc) is 3.14. The van der Waals surface area contributed by atoms with Gasteiger partial charge < -0.3 is 20.4 Å². The molecule has 4 bridgehead atoms. The number of benzene rings is 5. The van der Waals surface area contributed by atoms with Crippen molar-refractivity contribution in [2.75, 3.05) is 0 Å². The highest BCUT2D eigenvalue weighted by atomic mass is 16.3. The Morgan fingerprint density at radius 1 is 0.310 bits per heavy atom. The van der Waals surface area contributed by atoms with Crippen LogP contribution in [0.4, 0.5) is 0 Å². The van der Waals surface area contributed by atoms with Crippen molar-refractivity contribution in [1.29, 1.82) is 0 Å². The van der Waals surface area contributed by atoms with Gasteiger partial charge in [0.1, 0.15) is 22.4 Å². The maximum absolute atomic E-state index is 10.8. The quantitative estimate of drug-likeness (QED) is 0.119. The summed E-state index contributed by atoms with van der Waals surface area (Å²) in [6, 6.07) is 37.3. The minimum Gasteiger partial charge on any atom is -0.378 e. The minimum atomic E-state index is -1.21. The van der Waals surface area contributed by atoms with Crippen LogP contribution in [-0.2, 0) is 0 Å². The minimum absolute atomic E-state index is 0.150. The van der Waals surface area contributed by atoms with Crippen molar-refractivity contribution >= 4 is 0 Å². The summed E-state index contributed by atoms with van der Waals surface area (Å²) >= 11 is 0. The van der Waals surface area contributed by atoms with E-state index in [1.807, 2.05) is 60.7 Å². The largest absolute Gasteiger partial charge is 0.378 e. The highest BCUT2D eigenvalue weighted by Crippen LogP contribution is 2.65. The molecule has 0 spiro atoms. The SMILES string of the molecule is CC(C)(O)C#Cc1cccc2c1C1c3c(C#CC(C)(C)O)cccc3C2C2c3cccc(C#CC(C)(C)O)c3C1c1c(C#CC(C)(C)O)cccc12.c1ccccc1. The third kappa shape index (κ3) is 8.40. The van der Waals surface area contributed by atoms with Gasteiger partial charge in [-0.05, 0) is 124 Å². The monoisotopic (exact) mass is 762 g/mol. The van der Waals surface area contributed by atoms with E-state index in [4.69, 9.17) is 0 Å². The lowest BCUT2D eigenvalue weighted by Crippen LogP contribution is -2.37.